The number of alkyl halides is 3. The zero-order valence-electron chi connectivity index (χ0n) is 8.33. The van der Waals surface area contributed by atoms with E-state index in [-0.39, 0.29) is 12.0 Å². The molecule has 0 bridgehead atoms. The molecule has 0 spiro atoms. The Morgan fingerprint density at radius 2 is 2.19 bits per heavy atom. The van der Waals surface area contributed by atoms with Crippen molar-refractivity contribution in [1.29, 1.82) is 0 Å². The Bertz CT molecular complexity index is 361. The minimum Gasteiger partial charge on any atom is -0.472 e. The highest BCUT2D eigenvalue weighted by Crippen LogP contribution is 2.29. The SMILES string of the molecule is FC(F)(F)c1cccc(OC2CCOC2)n1. The Kier molecular flexibility index (Phi) is 3.00. The summed E-state index contributed by atoms with van der Waals surface area (Å²) in [4.78, 5) is 3.40. The molecule has 1 aromatic rings. The first kappa shape index (κ1) is 11.2. The molecule has 2 heterocycles. The average Bonchev–Trinajstić information content (AvgIpc) is 2.70. The molecule has 0 N–H and O–H groups in total. The van der Waals surface area contributed by atoms with Crippen LogP contribution in [0, 0.1) is 0 Å². The fourth-order valence-corrected chi connectivity index (χ4v) is 1.41. The predicted octanol–water partition coefficient (Wildman–Crippen LogP) is 2.27. The molecule has 0 radical (unpaired) electrons. The molecule has 0 aromatic carbocycles. The second kappa shape index (κ2) is 4.29. The molecule has 6 heteroatoms. The van der Waals surface area contributed by atoms with E-state index in [4.69, 9.17) is 9.47 Å². The van der Waals surface area contributed by atoms with Crippen molar-refractivity contribution < 1.29 is 22.6 Å². The third-order valence-corrected chi connectivity index (χ3v) is 2.19. The Morgan fingerprint density at radius 1 is 1.38 bits per heavy atom. The van der Waals surface area contributed by atoms with Crippen LogP contribution in [-0.2, 0) is 10.9 Å². The maximum Gasteiger partial charge on any atom is 0.433 e. The van der Waals surface area contributed by atoms with E-state index in [2.05, 4.69) is 4.98 Å². The van der Waals surface area contributed by atoms with Gasteiger partial charge in [-0.15, -0.1) is 0 Å². The normalized spacial score (nSPS) is 21.1. The van der Waals surface area contributed by atoms with Crippen LogP contribution in [0.3, 0.4) is 0 Å². The number of hydrogen-bond donors (Lipinski definition) is 0. The zero-order valence-corrected chi connectivity index (χ0v) is 8.33. The molecule has 2 rings (SSSR count). The van der Waals surface area contributed by atoms with Crippen LogP contribution in [0.1, 0.15) is 12.1 Å². The molecule has 0 saturated carbocycles. The van der Waals surface area contributed by atoms with E-state index in [9.17, 15) is 13.2 Å². The van der Waals surface area contributed by atoms with Gasteiger partial charge in [0.2, 0.25) is 5.88 Å². The van der Waals surface area contributed by atoms with Gasteiger partial charge in [-0.2, -0.15) is 13.2 Å². The Balaban J connectivity index is 2.09. The van der Waals surface area contributed by atoms with Crippen molar-refractivity contribution in [2.24, 2.45) is 0 Å². The Labute approximate surface area is 90.2 Å². The van der Waals surface area contributed by atoms with Crippen molar-refractivity contribution in [2.45, 2.75) is 18.7 Å². The molecule has 16 heavy (non-hydrogen) atoms. The molecule has 1 fully saturated rings. The molecule has 0 aliphatic carbocycles. The maximum absolute atomic E-state index is 12.3. The summed E-state index contributed by atoms with van der Waals surface area (Å²) in [5.74, 6) is -0.00896. The number of nitrogens with zero attached hydrogens (tertiary/aromatic N) is 1. The van der Waals surface area contributed by atoms with Crippen LogP contribution >= 0.6 is 0 Å². The third-order valence-electron chi connectivity index (χ3n) is 2.19. The monoisotopic (exact) mass is 233 g/mol. The lowest BCUT2D eigenvalue weighted by molar-refractivity contribution is -0.141. The third kappa shape index (κ3) is 2.63. The Hall–Kier alpha value is -1.30. The predicted molar refractivity (Wildman–Crippen MR) is 49.1 cm³/mol. The second-order valence-corrected chi connectivity index (χ2v) is 3.46. The highest BCUT2D eigenvalue weighted by atomic mass is 19.4. The highest BCUT2D eigenvalue weighted by Gasteiger charge is 2.32. The van der Waals surface area contributed by atoms with Crippen LogP contribution in [0.4, 0.5) is 13.2 Å². The number of ether oxygens (including phenoxy) is 2. The van der Waals surface area contributed by atoms with Crippen LogP contribution < -0.4 is 4.74 Å². The minimum absolute atomic E-state index is 0.00896. The first-order valence-electron chi connectivity index (χ1n) is 4.84. The van der Waals surface area contributed by atoms with E-state index in [1.807, 2.05) is 0 Å². The van der Waals surface area contributed by atoms with E-state index in [1.54, 1.807) is 0 Å². The molecule has 1 aromatic heterocycles. The van der Waals surface area contributed by atoms with E-state index in [0.717, 1.165) is 6.07 Å². The topological polar surface area (TPSA) is 31.4 Å². The molecule has 1 aliphatic rings. The van der Waals surface area contributed by atoms with Crippen LogP contribution in [0.25, 0.3) is 0 Å². The molecule has 1 aliphatic heterocycles. The largest absolute Gasteiger partial charge is 0.472 e. The summed E-state index contributed by atoms with van der Waals surface area (Å²) >= 11 is 0. The van der Waals surface area contributed by atoms with Crippen molar-refractivity contribution in [2.75, 3.05) is 13.2 Å². The van der Waals surface area contributed by atoms with Gasteiger partial charge in [0.1, 0.15) is 11.8 Å². The molecular formula is C10H10F3NO2. The van der Waals surface area contributed by atoms with Crippen LogP contribution in [-0.4, -0.2) is 24.3 Å². The van der Waals surface area contributed by atoms with Gasteiger partial charge in [-0.05, 0) is 6.07 Å². The van der Waals surface area contributed by atoms with Crippen molar-refractivity contribution >= 4 is 0 Å². The summed E-state index contributed by atoms with van der Waals surface area (Å²) in [6, 6.07) is 3.60. The number of pyridine rings is 1. The summed E-state index contributed by atoms with van der Waals surface area (Å²) in [6.07, 6.45) is -3.96. The van der Waals surface area contributed by atoms with Gasteiger partial charge in [-0.25, -0.2) is 4.98 Å². The summed E-state index contributed by atoms with van der Waals surface area (Å²) < 4.78 is 47.3. The standard InChI is InChI=1S/C10H10F3NO2/c11-10(12,13)8-2-1-3-9(14-8)16-7-4-5-15-6-7/h1-3,7H,4-6H2. The second-order valence-electron chi connectivity index (χ2n) is 3.46. The summed E-state index contributed by atoms with van der Waals surface area (Å²) in [7, 11) is 0. The van der Waals surface area contributed by atoms with Gasteiger partial charge in [0.15, 0.2) is 0 Å². The number of rotatable bonds is 2. The van der Waals surface area contributed by atoms with Gasteiger partial charge in [-0.3, -0.25) is 0 Å². The smallest absolute Gasteiger partial charge is 0.433 e. The van der Waals surface area contributed by atoms with Crippen molar-refractivity contribution in [1.82, 2.24) is 4.98 Å². The molecule has 0 amide bonds. The number of hydrogen-bond acceptors (Lipinski definition) is 3. The first-order valence-corrected chi connectivity index (χ1v) is 4.84. The van der Waals surface area contributed by atoms with Crippen molar-refractivity contribution in [3.63, 3.8) is 0 Å². The quantitative estimate of drug-likeness (QED) is 0.785. The lowest BCUT2D eigenvalue weighted by Crippen LogP contribution is -2.17. The van der Waals surface area contributed by atoms with Gasteiger partial charge in [0.25, 0.3) is 0 Å². The molecular weight excluding hydrogens is 223 g/mol. The van der Waals surface area contributed by atoms with E-state index >= 15 is 0 Å². The first-order chi connectivity index (χ1) is 7.55. The van der Waals surface area contributed by atoms with Crippen LogP contribution in [0.2, 0.25) is 0 Å². The summed E-state index contributed by atoms with van der Waals surface area (Å²) in [5, 5.41) is 0. The van der Waals surface area contributed by atoms with Gasteiger partial charge < -0.3 is 9.47 Å². The lowest BCUT2D eigenvalue weighted by atomic mass is 10.3. The molecule has 88 valence electrons. The number of halogens is 3. The zero-order chi connectivity index (χ0) is 11.6. The molecule has 3 nitrogen and oxygen atoms in total. The molecule has 1 atom stereocenters. The average molecular weight is 233 g/mol. The summed E-state index contributed by atoms with van der Waals surface area (Å²) in [5.41, 5.74) is -0.941. The number of aromatic nitrogens is 1. The van der Waals surface area contributed by atoms with Crippen LogP contribution in [0.5, 0.6) is 5.88 Å². The van der Waals surface area contributed by atoms with Crippen molar-refractivity contribution in [3.05, 3.63) is 23.9 Å². The molecule has 1 unspecified atom stereocenters. The van der Waals surface area contributed by atoms with Gasteiger partial charge in [0.05, 0.1) is 13.2 Å². The van der Waals surface area contributed by atoms with Gasteiger partial charge in [-0.1, -0.05) is 6.07 Å². The fourth-order valence-electron chi connectivity index (χ4n) is 1.41. The lowest BCUT2D eigenvalue weighted by Gasteiger charge is -2.12. The molecule has 1 saturated heterocycles. The van der Waals surface area contributed by atoms with E-state index in [1.165, 1.54) is 12.1 Å². The van der Waals surface area contributed by atoms with E-state index < -0.39 is 11.9 Å². The van der Waals surface area contributed by atoms with Crippen molar-refractivity contribution in [3.8, 4) is 5.88 Å². The van der Waals surface area contributed by atoms with Gasteiger partial charge >= 0.3 is 6.18 Å². The van der Waals surface area contributed by atoms with Gasteiger partial charge in [0, 0.05) is 12.5 Å². The summed E-state index contributed by atoms with van der Waals surface area (Å²) in [6.45, 7) is 0.974. The van der Waals surface area contributed by atoms with Crippen LogP contribution in [0.15, 0.2) is 18.2 Å². The van der Waals surface area contributed by atoms with E-state index in [0.29, 0.717) is 19.6 Å². The highest BCUT2D eigenvalue weighted by molar-refractivity contribution is 5.18. The maximum atomic E-state index is 12.3. The Morgan fingerprint density at radius 3 is 2.81 bits per heavy atom. The fraction of sp³-hybridized carbons (Fsp3) is 0.500. The minimum atomic E-state index is -4.44.